The highest BCUT2D eigenvalue weighted by Gasteiger charge is 2.22. The second-order valence-electron chi connectivity index (χ2n) is 6.84. The third kappa shape index (κ3) is 5.67. The number of thioether (sulfide) groups is 1. The van der Waals surface area contributed by atoms with Crippen molar-refractivity contribution in [3.8, 4) is 5.69 Å². The number of hydrogen-bond acceptors (Lipinski definition) is 8. The first-order valence-corrected chi connectivity index (χ1v) is 12.0. The minimum absolute atomic E-state index is 0.181. The molecule has 9 nitrogen and oxygen atoms in total. The number of carbonyl (C=O) groups is 2. The predicted octanol–water partition coefficient (Wildman–Crippen LogP) is 4.54. The summed E-state index contributed by atoms with van der Waals surface area (Å²) in [6, 6.07) is 15.7. The van der Waals surface area contributed by atoms with Crippen molar-refractivity contribution in [1.82, 2.24) is 25.0 Å². The van der Waals surface area contributed by atoms with Gasteiger partial charge >= 0.3 is 5.97 Å². The minimum atomic E-state index is -0.420. The van der Waals surface area contributed by atoms with Crippen molar-refractivity contribution >= 4 is 45.3 Å². The Bertz CT molecular complexity index is 1280. The van der Waals surface area contributed by atoms with Gasteiger partial charge in [0.25, 0.3) is 5.91 Å². The minimum Gasteiger partial charge on any atom is -0.462 e. The second kappa shape index (κ2) is 11.0. The van der Waals surface area contributed by atoms with E-state index < -0.39 is 11.9 Å². The summed E-state index contributed by atoms with van der Waals surface area (Å²) in [5.41, 5.74) is 2.46. The fourth-order valence-electron chi connectivity index (χ4n) is 2.98. The number of carbonyl (C=O) groups excluding carboxylic acids is 2. The number of nitrogens with one attached hydrogen (secondary N) is 1. The highest BCUT2D eigenvalue weighted by Crippen LogP contribution is 2.24. The van der Waals surface area contributed by atoms with Crippen LogP contribution in [0.4, 0.5) is 5.69 Å². The smallest absolute Gasteiger partial charge is 0.338 e. The van der Waals surface area contributed by atoms with Gasteiger partial charge in [0.05, 0.1) is 23.6 Å². The van der Waals surface area contributed by atoms with Crippen molar-refractivity contribution in [2.24, 2.45) is 0 Å². The molecule has 1 amide bonds. The third-order valence-electron chi connectivity index (χ3n) is 4.58. The van der Waals surface area contributed by atoms with Gasteiger partial charge < -0.3 is 10.1 Å². The molecular weight excluding hydrogens is 520 g/mol. The first-order valence-electron chi connectivity index (χ1n) is 10.2. The number of ether oxygens (including phenoxy) is 1. The highest BCUT2D eigenvalue weighted by atomic mass is 79.9. The number of anilines is 1. The Morgan fingerprint density at radius 3 is 2.44 bits per heavy atom. The zero-order valence-electron chi connectivity index (χ0n) is 18.0. The van der Waals surface area contributed by atoms with Gasteiger partial charge in [0, 0.05) is 28.3 Å². The van der Waals surface area contributed by atoms with E-state index in [0.717, 1.165) is 10.2 Å². The lowest BCUT2D eigenvalue weighted by Crippen LogP contribution is -2.15. The summed E-state index contributed by atoms with van der Waals surface area (Å²) in [7, 11) is 0. The van der Waals surface area contributed by atoms with Gasteiger partial charge in [0.2, 0.25) is 0 Å². The molecule has 4 aromatic rings. The number of halogens is 1. The third-order valence-corrected chi connectivity index (χ3v) is 6.00. The molecule has 0 radical (unpaired) electrons. The number of amides is 1. The summed E-state index contributed by atoms with van der Waals surface area (Å²) in [6.07, 6.45) is 3.32. The van der Waals surface area contributed by atoms with Crippen LogP contribution in [0, 0.1) is 0 Å². The van der Waals surface area contributed by atoms with Crippen LogP contribution >= 0.6 is 27.7 Å². The number of benzene rings is 2. The largest absolute Gasteiger partial charge is 0.462 e. The Morgan fingerprint density at radius 1 is 1.06 bits per heavy atom. The number of esters is 1. The summed E-state index contributed by atoms with van der Waals surface area (Å²) in [5, 5.41) is 11.8. The van der Waals surface area contributed by atoms with Gasteiger partial charge in [-0.05, 0) is 61.5 Å². The zero-order valence-corrected chi connectivity index (χ0v) is 20.4. The summed E-state index contributed by atoms with van der Waals surface area (Å²) in [4.78, 5) is 33.4. The van der Waals surface area contributed by atoms with Crippen LogP contribution in [0.5, 0.6) is 0 Å². The van der Waals surface area contributed by atoms with Crippen LogP contribution in [0.15, 0.2) is 76.6 Å². The van der Waals surface area contributed by atoms with Gasteiger partial charge in [0.15, 0.2) is 10.9 Å². The maximum atomic E-state index is 13.1. The van der Waals surface area contributed by atoms with E-state index in [0.29, 0.717) is 34.5 Å². The molecular formula is C23H19BrN6O3S. The number of aromatic nitrogens is 5. The maximum Gasteiger partial charge on any atom is 0.338 e. The van der Waals surface area contributed by atoms with E-state index in [-0.39, 0.29) is 5.69 Å². The van der Waals surface area contributed by atoms with E-state index in [1.807, 2.05) is 24.3 Å². The van der Waals surface area contributed by atoms with Crippen LogP contribution in [-0.2, 0) is 10.5 Å². The fraction of sp³-hybridized carbons (Fsp3) is 0.130. The van der Waals surface area contributed by atoms with Crippen molar-refractivity contribution in [2.75, 3.05) is 11.9 Å². The lowest BCUT2D eigenvalue weighted by Gasteiger charge is -2.09. The lowest BCUT2D eigenvalue weighted by molar-refractivity contribution is 0.0526. The molecule has 0 spiro atoms. The zero-order chi connectivity index (χ0) is 23.9. The van der Waals surface area contributed by atoms with Crippen molar-refractivity contribution in [1.29, 1.82) is 0 Å². The summed E-state index contributed by atoms with van der Waals surface area (Å²) in [6.45, 7) is 2.04. The van der Waals surface area contributed by atoms with Crippen molar-refractivity contribution < 1.29 is 14.3 Å². The number of nitrogens with zero attached hydrogens (tertiary/aromatic N) is 5. The molecule has 0 aliphatic heterocycles. The molecule has 2 aromatic carbocycles. The molecule has 0 saturated heterocycles. The Balaban J connectivity index is 1.59. The van der Waals surface area contributed by atoms with Crippen LogP contribution in [-0.4, -0.2) is 43.4 Å². The van der Waals surface area contributed by atoms with E-state index in [2.05, 4.69) is 41.5 Å². The monoisotopic (exact) mass is 538 g/mol. The first kappa shape index (κ1) is 23.6. The predicted molar refractivity (Wildman–Crippen MR) is 131 cm³/mol. The van der Waals surface area contributed by atoms with Crippen LogP contribution in [0.1, 0.15) is 33.5 Å². The molecule has 2 heterocycles. The van der Waals surface area contributed by atoms with Crippen molar-refractivity contribution in [2.45, 2.75) is 17.8 Å². The van der Waals surface area contributed by atoms with E-state index >= 15 is 0 Å². The Labute approximate surface area is 208 Å². The van der Waals surface area contributed by atoms with Crippen LogP contribution < -0.4 is 5.32 Å². The average Bonchev–Trinajstić information content (AvgIpc) is 3.28. The Morgan fingerprint density at radius 2 is 1.76 bits per heavy atom. The average molecular weight is 539 g/mol. The van der Waals surface area contributed by atoms with Crippen molar-refractivity contribution in [3.05, 3.63) is 88.4 Å². The molecule has 0 saturated carbocycles. The van der Waals surface area contributed by atoms with E-state index in [9.17, 15) is 9.59 Å². The van der Waals surface area contributed by atoms with E-state index in [1.54, 1.807) is 54.3 Å². The quantitative estimate of drug-likeness (QED) is 0.197. The second-order valence-corrected chi connectivity index (χ2v) is 8.70. The highest BCUT2D eigenvalue weighted by molar-refractivity contribution is 9.10. The van der Waals surface area contributed by atoms with Crippen LogP contribution in [0.2, 0.25) is 0 Å². The summed E-state index contributed by atoms with van der Waals surface area (Å²) >= 11 is 4.80. The Kier molecular flexibility index (Phi) is 7.65. The standard InChI is InChI=1S/C23H19BrN6O3S/c1-2-33-22(32)15-4-8-17(9-5-15)27-21(31)20-19(14-34-23-25-12-3-13-26-23)30(29-28-20)18-10-6-16(24)7-11-18/h3-13H,2,14H2,1H3,(H,27,31). The number of rotatable bonds is 8. The molecule has 0 atom stereocenters. The molecule has 0 bridgehead atoms. The SMILES string of the molecule is CCOC(=O)c1ccc(NC(=O)c2nnn(-c3ccc(Br)cc3)c2CSc2ncccn2)cc1. The maximum absolute atomic E-state index is 13.1. The lowest BCUT2D eigenvalue weighted by atomic mass is 10.2. The molecule has 1 N–H and O–H groups in total. The molecule has 0 unspecified atom stereocenters. The van der Waals surface area contributed by atoms with Gasteiger partial charge in [0.1, 0.15) is 0 Å². The van der Waals surface area contributed by atoms with Gasteiger partial charge in [-0.25, -0.2) is 19.4 Å². The van der Waals surface area contributed by atoms with Crippen molar-refractivity contribution in [3.63, 3.8) is 0 Å². The summed E-state index contributed by atoms with van der Waals surface area (Å²) < 4.78 is 7.54. The molecule has 172 valence electrons. The molecule has 4 rings (SSSR count). The van der Waals surface area contributed by atoms with E-state index in [4.69, 9.17) is 4.74 Å². The normalized spacial score (nSPS) is 10.6. The van der Waals surface area contributed by atoms with Gasteiger partial charge in [-0.2, -0.15) is 0 Å². The molecule has 0 aliphatic carbocycles. The molecule has 0 aliphatic rings. The van der Waals surface area contributed by atoms with E-state index in [1.165, 1.54) is 11.8 Å². The molecule has 11 heteroatoms. The van der Waals surface area contributed by atoms with Crippen LogP contribution in [0.25, 0.3) is 5.69 Å². The van der Waals surface area contributed by atoms with Gasteiger partial charge in [-0.3, -0.25) is 4.79 Å². The molecule has 0 fully saturated rings. The number of hydrogen-bond donors (Lipinski definition) is 1. The first-order chi connectivity index (χ1) is 16.5. The van der Waals surface area contributed by atoms with Crippen LogP contribution in [0.3, 0.4) is 0 Å². The topological polar surface area (TPSA) is 112 Å². The van der Waals surface area contributed by atoms with Gasteiger partial charge in [-0.15, -0.1) is 5.10 Å². The molecule has 2 aromatic heterocycles. The van der Waals surface area contributed by atoms with Gasteiger partial charge in [-0.1, -0.05) is 32.9 Å². The molecule has 34 heavy (non-hydrogen) atoms. The Hall–Kier alpha value is -3.57. The summed E-state index contributed by atoms with van der Waals surface area (Å²) in [5.74, 6) is -0.463. The fourth-order valence-corrected chi connectivity index (χ4v) is 4.04.